The van der Waals surface area contributed by atoms with Gasteiger partial charge in [-0.15, -0.1) is 0 Å². The van der Waals surface area contributed by atoms with Gasteiger partial charge < -0.3 is 16.4 Å². The Morgan fingerprint density at radius 1 is 1.54 bits per heavy atom. The van der Waals surface area contributed by atoms with Gasteiger partial charge in [0.1, 0.15) is 5.82 Å². The predicted molar refractivity (Wildman–Crippen MR) is 53.5 cm³/mol. The summed E-state index contributed by atoms with van der Waals surface area (Å²) in [6, 6.07) is 4.15. The Morgan fingerprint density at radius 2 is 2.38 bits per heavy atom. The molecule has 2 rings (SSSR count). The summed E-state index contributed by atoms with van der Waals surface area (Å²) in [4.78, 5) is 6.19. The van der Waals surface area contributed by atoms with Gasteiger partial charge in [-0.05, 0) is 12.5 Å². The summed E-state index contributed by atoms with van der Waals surface area (Å²) in [6.07, 6.45) is 2.79. The van der Waals surface area contributed by atoms with Crippen molar-refractivity contribution in [3.05, 3.63) is 18.3 Å². The van der Waals surface area contributed by atoms with Crippen LogP contribution in [0.5, 0.6) is 0 Å². The van der Waals surface area contributed by atoms with Crippen molar-refractivity contribution in [3.63, 3.8) is 0 Å². The van der Waals surface area contributed by atoms with Gasteiger partial charge in [-0.1, -0.05) is 0 Å². The SMILES string of the molecule is Nc1cc(N2CC[C@@H](N)C2)ccn1. The Hall–Kier alpha value is -1.29. The largest absolute Gasteiger partial charge is 0.384 e. The zero-order chi connectivity index (χ0) is 9.26. The van der Waals surface area contributed by atoms with Crippen LogP contribution < -0.4 is 16.4 Å². The van der Waals surface area contributed by atoms with E-state index in [1.54, 1.807) is 6.20 Å². The first kappa shape index (κ1) is 8.31. The lowest BCUT2D eigenvalue weighted by atomic mass is 10.3. The maximum Gasteiger partial charge on any atom is 0.125 e. The molecular formula is C9H14N4. The number of hydrogen-bond donors (Lipinski definition) is 2. The smallest absolute Gasteiger partial charge is 0.125 e. The van der Waals surface area contributed by atoms with Gasteiger partial charge in [0.15, 0.2) is 0 Å². The average molecular weight is 178 g/mol. The second-order valence-electron chi connectivity index (χ2n) is 3.43. The summed E-state index contributed by atoms with van der Waals surface area (Å²) < 4.78 is 0. The lowest BCUT2D eigenvalue weighted by Gasteiger charge is -2.17. The highest BCUT2D eigenvalue weighted by Gasteiger charge is 2.19. The molecule has 0 aromatic carbocycles. The fourth-order valence-electron chi connectivity index (χ4n) is 1.66. The van der Waals surface area contributed by atoms with Gasteiger partial charge >= 0.3 is 0 Å². The van der Waals surface area contributed by atoms with E-state index in [0.29, 0.717) is 11.9 Å². The predicted octanol–water partition coefficient (Wildman–Crippen LogP) is 0.201. The number of nitrogens with zero attached hydrogens (tertiary/aromatic N) is 2. The van der Waals surface area contributed by atoms with Crippen molar-refractivity contribution < 1.29 is 0 Å². The molecule has 0 unspecified atom stereocenters. The van der Waals surface area contributed by atoms with Crippen LogP contribution in [0.3, 0.4) is 0 Å². The van der Waals surface area contributed by atoms with Crippen molar-refractivity contribution in [1.82, 2.24) is 4.98 Å². The van der Waals surface area contributed by atoms with Crippen molar-refractivity contribution in [2.24, 2.45) is 5.73 Å². The Kier molecular flexibility index (Phi) is 2.06. The summed E-state index contributed by atoms with van der Waals surface area (Å²) in [7, 11) is 0. The third-order valence-corrected chi connectivity index (χ3v) is 2.35. The summed E-state index contributed by atoms with van der Waals surface area (Å²) >= 11 is 0. The number of aromatic nitrogens is 1. The number of nitrogens with two attached hydrogens (primary N) is 2. The quantitative estimate of drug-likeness (QED) is 0.644. The van der Waals surface area contributed by atoms with E-state index in [2.05, 4.69) is 9.88 Å². The molecule has 1 fully saturated rings. The number of hydrogen-bond acceptors (Lipinski definition) is 4. The van der Waals surface area contributed by atoms with Crippen LogP contribution in [0.25, 0.3) is 0 Å². The van der Waals surface area contributed by atoms with Gasteiger partial charge in [0.2, 0.25) is 0 Å². The number of anilines is 2. The van der Waals surface area contributed by atoms with E-state index < -0.39 is 0 Å². The lowest BCUT2D eigenvalue weighted by molar-refractivity contribution is 0.752. The summed E-state index contributed by atoms with van der Waals surface area (Å²) in [5, 5.41) is 0. The van der Waals surface area contributed by atoms with Crippen LogP contribution in [0.4, 0.5) is 11.5 Å². The third-order valence-electron chi connectivity index (χ3n) is 2.35. The molecule has 4 N–H and O–H groups in total. The Balaban J connectivity index is 2.16. The van der Waals surface area contributed by atoms with Crippen molar-refractivity contribution in [2.45, 2.75) is 12.5 Å². The van der Waals surface area contributed by atoms with E-state index in [0.717, 1.165) is 25.2 Å². The molecule has 1 aromatic rings. The molecule has 0 aliphatic carbocycles. The zero-order valence-corrected chi connectivity index (χ0v) is 7.48. The van der Waals surface area contributed by atoms with Crippen LogP contribution in [0.1, 0.15) is 6.42 Å². The van der Waals surface area contributed by atoms with Gasteiger partial charge in [-0.2, -0.15) is 0 Å². The molecule has 1 aliphatic rings. The second-order valence-corrected chi connectivity index (χ2v) is 3.43. The van der Waals surface area contributed by atoms with Crippen LogP contribution in [0.2, 0.25) is 0 Å². The molecule has 1 saturated heterocycles. The van der Waals surface area contributed by atoms with Crippen molar-refractivity contribution >= 4 is 11.5 Å². The molecule has 2 heterocycles. The molecule has 13 heavy (non-hydrogen) atoms. The van der Waals surface area contributed by atoms with Gasteiger partial charge in [0, 0.05) is 37.1 Å². The van der Waals surface area contributed by atoms with E-state index in [9.17, 15) is 0 Å². The number of pyridine rings is 1. The molecule has 1 atom stereocenters. The van der Waals surface area contributed by atoms with Crippen molar-refractivity contribution in [1.29, 1.82) is 0 Å². The van der Waals surface area contributed by atoms with Crippen molar-refractivity contribution in [3.8, 4) is 0 Å². The van der Waals surface area contributed by atoms with Crippen molar-refractivity contribution in [2.75, 3.05) is 23.7 Å². The summed E-state index contributed by atoms with van der Waals surface area (Å²) in [5.74, 6) is 0.568. The fourth-order valence-corrected chi connectivity index (χ4v) is 1.66. The Morgan fingerprint density at radius 3 is 3.00 bits per heavy atom. The lowest BCUT2D eigenvalue weighted by Crippen LogP contribution is -2.26. The van der Waals surface area contributed by atoms with E-state index in [-0.39, 0.29) is 0 Å². The fraction of sp³-hybridized carbons (Fsp3) is 0.444. The maximum absolute atomic E-state index is 5.81. The molecule has 0 saturated carbocycles. The minimum atomic E-state index is 0.300. The molecule has 0 spiro atoms. The van der Waals surface area contributed by atoms with E-state index in [4.69, 9.17) is 11.5 Å². The summed E-state index contributed by atoms with van der Waals surface area (Å²) in [6.45, 7) is 1.94. The topological polar surface area (TPSA) is 68.2 Å². The van der Waals surface area contributed by atoms with Gasteiger partial charge in [0.05, 0.1) is 0 Å². The zero-order valence-electron chi connectivity index (χ0n) is 7.48. The molecule has 70 valence electrons. The molecule has 1 aromatic heterocycles. The Bertz CT molecular complexity index is 299. The first-order valence-corrected chi connectivity index (χ1v) is 4.48. The van der Waals surface area contributed by atoms with Crippen LogP contribution in [-0.2, 0) is 0 Å². The first-order valence-electron chi connectivity index (χ1n) is 4.48. The highest BCUT2D eigenvalue weighted by atomic mass is 15.2. The normalized spacial score (nSPS) is 22.2. The molecule has 1 aliphatic heterocycles. The number of rotatable bonds is 1. The maximum atomic E-state index is 5.81. The van der Waals surface area contributed by atoms with Gasteiger partial charge in [-0.3, -0.25) is 0 Å². The minimum Gasteiger partial charge on any atom is -0.384 e. The van der Waals surface area contributed by atoms with Crippen LogP contribution in [0, 0.1) is 0 Å². The molecule has 0 radical (unpaired) electrons. The standard InChI is InChI=1S/C9H14N4/c10-7-2-4-13(6-7)8-1-3-12-9(11)5-8/h1,3,5,7H,2,4,6,10H2,(H2,11,12)/t7-/m1/s1. The summed E-state index contributed by atoms with van der Waals surface area (Å²) in [5.41, 5.74) is 12.5. The molecule has 0 amide bonds. The van der Waals surface area contributed by atoms with Crippen LogP contribution in [0.15, 0.2) is 18.3 Å². The highest BCUT2D eigenvalue weighted by Crippen LogP contribution is 2.20. The monoisotopic (exact) mass is 178 g/mol. The molecule has 0 bridgehead atoms. The van der Waals surface area contributed by atoms with E-state index >= 15 is 0 Å². The van der Waals surface area contributed by atoms with Crippen LogP contribution >= 0.6 is 0 Å². The van der Waals surface area contributed by atoms with Gasteiger partial charge in [0.25, 0.3) is 0 Å². The van der Waals surface area contributed by atoms with Gasteiger partial charge in [-0.25, -0.2) is 4.98 Å². The highest BCUT2D eigenvalue weighted by molar-refractivity contribution is 5.52. The molecular weight excluding hydrogens is 164 g/mol. The first-order chi connectivity index (χ1) is 6.25. The average Bonchev–Trinajstić information content (AvgIpc) is 2.52. The minimum absolute atomic E-state index is 0.300. The van der Waals surface area contributed by atoms with E-state index in [1.165, 1.54) is 0 Å². The molecule has 4 heteroatoms. The molecule has 4 nitrogen and oxygen atoms in total. The second kappa shape index (κ2) is 3.22. The van der Waals surface area contributed by atoms with Crippen LogP contribution in [-0.4, -0.2) is 24.1 Å². The Labute approximate surface area is 77.5 Å². The third kappa shape index (κ3) is 1.72. The number of nitrogen functional groups attached to an aromatic ring is 1. The van der Waals surface area contributed by atoms with E-state index in [1.807, 2.05) is 12.1 Å².